The van der Waals surface area contributed by atoms with Gasteiger partial charge in [-0.2, -0.15) is 0 Å². The van der Waals surface area contributed by atoms with E-state index in [1.165, 1.54) is 0 Å². The highest BCUT2D eigenvalue weighted by molar-refractivity contribution is 6.32. The maximum Gasteiger partial charge on any atom is 0.311 e. The average Bonchev–Trinajstić information content (AvgIpc) is 2.37. The van der Waals surface area contributed by atoms with Crippen molar-refractivity contribution in [2.24, 2.45) is 5.41 Å². The van der Waals surface area contributed by atoms with Crippen LogP contribution in [0.5, 0.6) is 0 Å². The second-order valence-corrected chi connectivity index (χ2v) is 5.47. The van der Waals surface area contributed by atoms with E-state index in [4.69, 9.17) is 16.3 Å². The molecule has 0 bridgehead atoms. The zero-order chi connectivity index (χ0) is 14.3. The molecule has 1 rings (SSSR count). The summed E-state index contributed by atoms with van der Waals surface area (Å²) in [5, 5.41) is 0.739. The summed E-state index contributed by atoms with van der Waals surface area (Å²) in [4.78, 5) is 11.7. The first-order valence-electron chi connectivity index (χ1n) is 6.55. The fraction of sp³-hybridized carbons (Fsp3) is 0.438. The number of ether oxygens (including phenoxy) is 1. The van der Waals surface area contributed by atoms with Crippen LogP contribution in [0.25, 0.3) is 6.08 Å². The summed E-state index contributed by atoms with van der Waals surface area (Å²) in [6, 6.07) is 7.69. The lowest BCUT2D eigenvalue weighted by molar-refractivity contribution is -0.153. The maximum absolute atomic E-state index is 11.7. The van der Waals surface area contributed by atoms with Gasteiger partial charge in [0, 0.05) is 5.02 Å². The van der Waals surface area contributed by atoms with Crippen LogP contribution in [0, 0.1) is 5.41 Å². The summed E-state index contributed by atoms with van der Waals surface area (Å²) in [6.45, 7) is 6.08. The summed E-state index contributed by atoms with van der Waals surface area (Å²) in [6.07, 6.45) is 5.61. The molecule has 0 fully saturated rings. The Bertz CT molecular complexity index is 450. The molecule has 0 saturated carbocycles. The van der Waals surface area contributed by atoms with Crippen LogP contribution in [0.2, 0.25) is 5.02 Å². The predicted molar refractivity (Wildman–Crippen MR) is 80.1 cm³/mol. The number of carbonyl (C=O) groups is 1. The van der Waals surface area contributed by atoms with E-state index in [-0.39, 0.29) is 5.97 Å². The largest absolute Gasteiger partial charge is 0.466 e. The van der Waals surface area contributed by atoms with Crippen LogP contribution < -0.4 is 0 Å². The Labute approximate surface area is 120 Å². The Morgan fingerprint density at radius 1 is 1.37 bits per heavy atom. The van der Waals surface area contributed by atoms with Gasteiger partial charge in [-0.15, -0.1) is 0 Å². The Hall–Kier alpha value is -1.28. The number of allylic oxidation sites excluding steroid dienone is 1. The SMILES string of the molecule is CCOC(=O)C(C)(C)CC/C=C/c1ccccc1Cl. The second kappa shape index (κ2) is 7.34. The van der Waals surface area contributed by atoms with Crippen molar-refractivity contribution in [1.82, 2.24) is 0 Å². The third-order valence-electron chi connectivity index (χ3n) is 2.97. The van der Waals surface area contributed by atoms with Crippen molar-refractivity contribution in [1.29, 1.82) is 0 Å². The van der Waals surface area contributed by atoms with Gasteiger partial charge in [-0.25, -0.2) is 0 Å². The molecule has 3 heteroatoms. The highest BCUT2D eigenvalue weighted by Crippen LogP contribution is 2.25. The van der Waals surface area contributed by atoms with E-state index in [0.29, 0.717) is 6.61 Å². The standard InChI is InChI=1S/C16H21ClO2/c1-4-19-15(18)16(2,3)12-8-7-10-13-9-5-6-11-14(13)17/h5-7,9-11H,4,8,12H2,1-3H3/b10-7+. The van der Waals surface area contributed by atoms with E-state index >= 15 is 0 Å². The normalized spacial score (nSPS) is 11.8. The van der Waals surface area contributed by atoms with E-state index in [2.05, 4.69) is 0 Å². The molecule has 0 unspecified atom stereocenters. The molecule has 0 heterocycles. The molecule has 0 aliphatic rings. The Morgan fingerprint density at radius 3 is 2.68 bits per heavy atom. The van der Waals surface area contributed by atoms with E-state index in [9.17, 15) is 4.79 Å². The molecule has 19 heavy (non-hydrogen) atoms. The lowest BCUT2D eigenvalue weighted by Crippen LogP contribution is -2.26. The van der Waals surface area contributed by atoms with Crippen LogP contribution in [0.3, 0.4) is 0 Å². The van der Waals surface area contributed by atoms with Gasteiger partial charge in [-0.1, -0.05) is 42.0 Å². The minimum absolute atomic E-state index is 0.138. The topological polar surface area (TPSA) is 26.3 Å². The van der Waals surface area contributed by atoms with Gasteiger partial charge in [0.15, 0.2) is 0 Å². The quantitative estimate of drug-likeness (QED) is 0.705. The summed E-state index contributed by atoms with van der Waals surface area (Å²) in [7, 11) is 0. The molecule has 0 amide bonds. The van der Waals surface area contributed by atoms with Crippen molar-refractivity contribution in [3.8, 4) is 0 Å². The van der Waals surface area contributed by atoms with E-state index in [1.807, 2.05) is 57.2 Å². The number of rotatable bonds is 6. The first kappa shape index (κ1) is 15.8. The number of hydrogen-bond acceptors (Lipinski definition) is 2. The van der Waals surface area contributed by atoms with Crippen LogP contribution in [0.15, 0.2) is 30.3 Å². The Morgan fingerprint density at radius 2 is 2.05 bits per heavy atom. The van der Waals surface area contributed by atoms with Crippen molar-refractivity contribution in [3.63, 3.8) is 0 Å². The third kappa shape index (κ3) is 5.07. The van der Waals surface area contributed by atoms with Crippen molar-refractivity contribution in [3.05, 3.63) is 40.9 Å². The maximum atomic E-state index is 11.7. The monoisotopic (exact) mass is 280 g/mol. The minimum Gasteiger partial charge on any atom is -0.466 e. The van der Waals surface area contributed by atoms with E-state index in [1.54, 1.807) is 0 Å². The van der Waals surface area contributed by atoms with Crippen molar-refractivity contribution in [2.45, 2.75) is 33.6 Å². The predicted octanol–water partition coefficient (Wildman–Crippen LogP) is 4.72. The first-order chi connectivity index (χ1) is 8.97. The van der Waals surface area contributed by atoms with Crippen LogP contribution >= 0.6 is 11.6 Å². The lowest BCUT2D eigenvalue weighted by atomic mass is 9.88. The molecular formula is C16H21ClO2. The number of benzene rings is 1. The smallest absolute Gasteiger partial charge is 0.311 e. The molecule has 1 aromatic carbocycles. The summed E-state index contributed by atoms with van der Waals surface area (Å²) in [5.41, 5.74) is 0.555. The van der Waals surface area contributed by atoms with Gasteiger partial charge >= 0.3 is 5.97 Å². The van der Waals surface area contributed by atoms with Crippen LogP contribution in [-0.4, -0.2) is 12.6 Å². The summed E-state index contributed by atoms with van der Waals surface area (Å²) in [5.74, 6) is -0.138. The van der Waals surface area contributed by atoms with E-state index < -0.39 is 5.41 Å². The zero-order valence-electron chi connectivity index (χ0n) is 11.8. The summed E-state index contributed by atoms with van der Waals surface area (Å²) >= 11 is 6.06. The fourth-order valence-corrected chi connectivity index (χ4v) is 1.89. The highest BCUT2D eigenvalue weighted by atomic mass is 35.5. The Balaban J connectivity index is 2.50. The molecule has 0 radical (unpaired) electrons. The van der Waals surface area contributed by atoms with Crippen LogP contribution in [0.4, 0.5) is 0 Å². The molecule has 0 N–H and O–H groups in total. The number of hydrogen-bond donors (Lipinski definition) is 0. The first-order valence-corrected chi connectivity index (χ1v) is 6.93. The van der Waals surface area contributed by atoms with Gasteiger partial charge < -0.3 is 4.74 Å². The third-order valence-corrected chi connectivity index (χ3v) is 3.31. The van der Waals surface area contributed by atoms with Crippen molar-refractivity contribution < 1.29 is 9.53 Å². The van der Waals surface area contributed by atoms with Gasteiger partial charge in [-0.3, -0.25) is 4.79 Å². The molecule has 0 aliphatic carbocycles. The van der Waals surface area contributed by atoms with E-state index in [0.717, 1.165) is 23.4 Å². The average molecular weight is 281 g/mol. The molecule has 104 valence electrons. The van der Waals surface area contributed by atoms with Crippen molar-refractivity contribution in [2.75, 3.05) is 6.61 Å². The van der Waals surface area contributed by atoms with Crippen molar-refractivity contribution >= 4 is 23.6 Å². The minimum atomic E-state index is -0.444. The molecule has 0 aliphatic heterocycles. The molecule has 0 saturated heterocycles. The number of carbonyl (C=O) groups excluding carboxylic acids is 1. The number of halogens is 1. The van der Waals surface area contributed by atoms with Gasteiger partial charge in [-0.05, 0) is 45.2 Å². The molecule has 0 spiro atoms. The van der Waals surface area contributed by atoms with Gasteiger partial charge in [0.05, 0.1) is 12.0 Å². The van der Waals surface area contributed by atoms with Gasteiger partial charge in [0.25, 0.3) is 0 Å². The molecule has 2 nitrogen and oxygen atoms in total. The molecular weight excluding hydrogens is 260 g/mol. The fourth-order valence-electron chi connectivity index (χ4n) is 1.69. The van der Waals surface area contributed by atoms with Gasteiger partial charge in [0.1, 0.15) is 0 Å². The summed E-state index contributed by atoms with van der Waals surface area (Å²) < 4.78 is 5.06. The molecule has 0 aromatic heterocycles. The highest BCUT2D eigenvalue weighted by Gasteiger charge is 2.27. The number of esters is 1. The lowest BCUT2D eigenvalue weighted by Gasteiger charge is -2.21. The van der Waals surface area contributed by atoms with Crippen LogP contribution in [0.1, 0.15) is 39.2 Å². The van der Waals surface area contributed by atoms with Gasteiger partial charge in [0.2, 0.25) is 0 Å². The molecule has 0 atom stereocenters. The second-order valence-electron chi connectivity index (χ2n) is 5.07. The van der Waals surface area contributed by atoms with Crippen LogP contribution in [-0.2, 0) is 9.53 Å². The zero-order valence-corrected chi connectivity index (χ0v) is 12.5. The molecule has 1 aromatic rings. The Kier molecular flexibility index (Phi) is 6.10.